The van der Waals surface area contributed by atoms with Crippen LogP contribution in [0.3, 0.4) is 0 Å². The Morgan fingerprint density at radius 3 is 2.85 bits per heavy atom. The molecule has 0 fully saturated rings. The Hall–Kier alpha value is -1.75. The number of hydrogen-bond acceptors (Lipinski definition) is 4. The van der Waals surface area contributed by atoms with Crippen LogP contribution in [0, 0.1) is 0 Å². The summed E-state index contributed by atoms with van der Waals surface area (Å²) >= 11 is 0. The molecule has 6 N–H and O–H groups in total. The molecule has 1 aromatic carbocycles. The molecule has 1 heterocycles. The Kier molecular flexibility index (Phi) is 1.60. The molecule has 2 rings (SSSR count). The van der Waals surface area contributed by atoms with Crippen LogP contribution in [0.1, 0.15) is 5.56 Å². The van der Waals surface area contributed by atoms with Crippen LogP contribution >= 0.6 is 0 Å². The SMILES string of the molecule is Nc1nc2c(N)cc(CO)cc2[nH]1. The van der Waals surface area contributed by atoms with Crippen LogP contribution < -0.4 is 11.5 Å². The van der Waals surface area contributed by atoms with Gasteiger partial charge in [0.05, 0.1) is 17.8 Å². The number of aliphatic hydroxyl groups excluding tert-OH is 1. The number of nitrogen functional groups attached to an aromatic ring is 2. The van der Waals surface area contributed by atoms with Gasteiger partial charge in [-0.3, -0.25) is 0 Å². The van der Waals surface area contributed by atoms with Crippen molar-refractivity contribution in [1.29, 1.82) is 0 Å². The fourth-order valence-electron chi connectivity index (χ4n) is 1.32. The van der Waals surface area contributed by atoms with Gasteiger partial charge < -0.3 is 21.6 Å². The number of imidazole rings is 1. The molecule has 0 aliphatic carbocycles. The maximum Gasteiger partial charge on any atom is 0.198 e. The number of H-pyrrole nitrogens is 1. The number of anilines is 2. The molecule has 0 atom stereocenters. The lowest BCUT2D eigenvalue weighted by Crippen LogP contribution is -1.90. The molecule has 2 aromatic rings. The van der Waals surface area contributed by atoms with Gasteiger partial charge in [0.2, 0.25) is 0 Å². The zero-order chi connectivity index (χ0) is 9.42. The van der Waals surface area contributed by atoms with E-state index in [-0.39, 0.29) is 6.61 Å². The Labute approximate surface area is 74.4 Å². The normalized spacial score (nSPS) is 10.8. The minimum absolute atomic E-state index is 0.0426. The number of nitrogens with zero attached hydrogens (tertiary/aromatic N) is 1. The highest BCUT2D eigenvalue weighted by Crippen LogP contribution is 2.21. The van der Waals surface area contributed by atoms with Crippen molar-refractivity contribution in [2.24, 2.45) is 0 Å². The predicted molar refractivity (Wildman–Crippen MR) is 50.8 cm³/mol. The summed E-state index contributed by atoms with van der Waals surface area (Å²) in [7, 11) is 0. The summed E-state index contributed by atoms with van der Waals surface area (Å²) in [5.41, 5.74) is 13.8. The van der Waals surface area contributed by atoms with E-state index in [4.69, 9.17) is 16.6 Å². The number of nitrogens with two attached hydrogens (primary N) is 2. The highest BCUT2D eigenvalue weighted by Gasteiger charge is 2.05. The van der Waals surface area contributed by atoms with Crippen LogP contribution in [0.15, 0.2) is 12.1 Å². The monoisotopic (exact) mass is 178 g/mol. The number of fused-ring (bicyclic) bond motifs is 1. The van der Waals surface area contributed by atoms with E-state index in [0.717, 1.165) is 11.1 Å². The average Bonchev–Trinajstić information content (AvgIpc) is 2.46. The molecule has 0 aliphatic heterocycles. The Bertz CT molecular complexity index is 449. The van der Waals surface area contributed by atoms with Gasteiger partial charge in [-0.1, -0.05) is 0 Å². The molecule has 0 radical (unpaired) electrons. The molecule has 68 valence electrons. The summed E-state index contributed by atoms with van der Waals surface area (Å²) in [5.74, 6) is 0.330. The first-order valence-corrected chi connectivity index (χ1v) is 3.85. The lowest BCUT2D eigenvalue weighted by Gasteiger charge is -1.98. The van der Waals surface area contributed by atoms with E-state index in [9.17, 15) is 0 Å². The Morgan fingerprint density at radius 1 is 1.38 bits per heavy atom. The zero-order valence-electron chi connectivity index (χ0n) is 6.91. The van der Waals surface area contributed by atoms with Crippen molar-refractivity contribution in [2.75, 3.05) is 11.5 Å². The van der Waals surface area contributed by atoms with E-state index in [0.29, 0.717) is 17.2 Å². The second-order valence-corrected chi connectivity index (χ2v) is 2.86. The Morgan fingerprint density at radius 2 is 2.15 bits per heavy atom. The summed E-state index contributed by atoms with van der Waals surface area (Å²) in [5, 5.41) is 8.91. The van der Waals surface area contributed by atoms with E-state index in [1.54, 1.807) is 12.1 Å². The van der Waals surface area contributed by atoms with Crippen LogP contribution in [-0.2, 0) is 6.61 Å². The maximum atomic E-state index is 8.91. The van der Waals surface area contributed by atoms with Gasteiger partial charge in [-0.25, -0.2) is 4.98 Å². The first kappa shape index (κ1) is 7.88. The third kappa shape index (κ3) is 1.19. The molecule has 5 nitrogen and oxygen atoms in total. The number of aromatic nitrogens is 2. The standard InChI is InChI=1S/C8H10N4O/c9-5-1-4(3-13)2-6-7(5)12-8(10)11-6/h1-2,13H,3,9H2,(H3,10,11,12). The molecule has 0 aliphatic rings. The van der Waals surface area contributed by atoms with Gasteiger partial charge in [-0.15, -0.1) is 0 Å². The summed E-state index contributed by atoms with van der Waals surface area (Å²) in [6.45, 7) is -0.0426. The summed E-state index contributed by atoms with van der Waals surface area (Å²) in [6, 6.07) is 3.46. The van der Waals surface area contributed by atoms with Crippen LogP contribution in [0.25, 0.3) is 11.0 Å². The van der Waals surface area contributed by atoms with Crippen molar-refractivity contribution >= 4 is 22.7 Å². The zero-order valence-corrected chi connectivity index (χ0v) is 6.91. The van der Waals surface area contributed by atoms with Crippen LogP contribution in [-0.4, -0.2) is 15.1 Å². The molecule has 0 saturated heterocycles. The van der Waals surface area contributed by atoms with E-state index in [1.165, 1.54) is 0 Å². The molecule has 1 aromatic heterocycles. The second-order valence-electron chi connectivity index (χ2n) is 2.86. The van der Waals surface area contributed by atoms with Gasteiger partial charge in [-0.05, 0) is 17.7 Å². The minimum Gasteiger partial charge on any atom is -0.397 e. The summed E-state index contributed by atoms with van der Waals surface area (Å²) in [6.07, 6.45) is 0. The molecule has 13 heavy (non-hydrogen) atoms. The highest BCUT2D eigenvalue weighted by atomic mass is 16.3. The van der Waals surface area contributed by atoms with Crippen LogP contribution in [0.5, 0.6) is 0 Å². The van der Waals surface area contributed by atoms with Gasteiger partial charge in [0, 0.05) is 0 Å². The summed E-state index contributed by atoms with van der Waals surface area (Å²) < 4.78 is 0. The largest absolute Gasteiger partial charge is 0.397 e. The number of nitrogens with one attached hydrogen (secondary N) is 1. The number of rotatable bonds is 1. The van der Waals surface area contributed by atoms with E-state index >= 15 is 0 Å². The van der Waals surface area contributed by atoms with Crippen LogP contribution in [0.2, 0.25) is 0 Å². The van der Waals surface area contributed by atoms with Crippen LogP contribution in [0.4, 0.5) is 11.6 Å². The van der Waals surface area contributed by atoms with Crippen molar-refractivity contribution in [1.82, 2.24) is 9.97 Å². The molecule has 0 spiro atoms. The van der Waals surface area contributed by atoms with Gasteiger partial charge in [0.1, 0.15) is 5.52 Å². The maximum absolute atomic E-state index is 8.91. The lowest BCUT2D eigenvalue weighted by molar-refractivity contribution is 0.282. The summed E-state index contributed by atoms with van der Waals surface area (Å²) in [4.78, 5) is 6.85. The third-order valence-electron chi connectivity index (χ3n) is 1.88. The minimum atomic E-state index is -0.0426. The first-order valence-electron chi connectivity index (χ1n) is 3.85. The van der Waals surface area contributed by atoms with E-state index < -0.39 is 0 Å². The van der Waals surface area contributed by atoms with Gasteiger partial charge in [0.25, 0.3) is 0 Å². The quantitative estimate of drug-likeness (QED) is 0.469. The molecule has 0 saturated carbocycles. The number of benzene rings is 1. The number of aromatic amines is 1. The second kappa shape index (κ2) is 2.63. The molecule has 0 unspecified atom stereocenters. The fourth-order valence-corrected chi connectivity index (χ4v) is 1.32. The molecule has 5 heteroatoms. The van der Waals surface area contributed by atoms with E-state index in [2.05, 4.69) is 9.97 Å². The van der Waals surface area contributed by atoms with Crippen molar-refractivity contribution in [2.45, 2.75) is 6.61 Å². The van der Waals surface area contributed by atoms with Gasteiger partial charge in [0.15, 0.2) is 5.95 Å². The van der Waals surface area contributed by atoms with Crippen molar-refractivity contribution in [3.8, 4) is 0 Å². The first-order chi connectivity index (χ1) is 6.20. The molecule has 0 bridgehead atoms. The van der Waals surface area contributed by atoms with Crippen molar-refractivity contribution in [3.63, 3.8) is 0 Å². The lowest BCUT2D eigenvalue weighted by atomic mass is 10.2. The topological polar surface area (TPSA) is 101 Å². The van der Waals surface area contributed by atoms with Crippen molar-refractivity contribution in [3.05, 3.63) is 17.7 Å². The van der Waals surface area contributed by atoms with Crippen molar-refractivity contribution < 1.29 is 5.11 Å². The number of hydrogen-bond donors (Lipinski definition) is 4. The van der Waals surface area contributed by atoms with Gasteiger partial charge in [-0.2, -0.15) is 0 Å². The smallest absolute Gasteiger partial charge is 0.198 e. The Balaban J connectivity index is 2.75. The molecular weight excluding hydrogens is 168 g/mol. The van der Waals surface area contributed by atoms with E-state index in [1.807, 2.05) is 0 Å². The molecule has 0 amide bonds. The molecular formula is C8H10N4O. The predicted octanol–water partition coefficient (Wildman–Crippen LogP) is 0.220. The highest BCUT2D eigenvalue weighted by molar-refractivity contribution is 5.89. The third-order valence-corrected chi connectivity index (χ3v) is 1.88. The van der Waals surface area contributed by atoms with Gasteiger partial charge >= 0.3 is 0 Å². The average molecular weight is 178 g/mol. The fraction of sp³-hybridized carbons (Fsp3) is 0.125. The number of aliphatic hydroxyl groups is 1.